The van der Waals surface area contributed by atoms with Crippen molar-refractivity contribution in [3.63, 3.8) is 0 Å². The Balaban J connectivity index is 1.45. The summed E-state index contributed by atoms with van der Waals surface area (Å²) in [6, 6.07) is 12.1. The van der Waals surface area contributed by atoms with Gasteiger partial charge in [-0.2, -0.15) is 5.10 Å². The van der Waals surface area contributed by atoms with Crippen LogP contribution in [0.3, 0.4) is 0 Å². The molecular weight excluding hydrogens is 248 g/mol. The van der Waals surface area contributed by atoms with Gasteiger partial charge in [-0.25, -0.2) is 0 Å². The second-order valence-corrected chi connectivity index (χ2v) is 5.91. The van der Waals surface area contributed by atoms with E-state index in [1.54, 1.807) is 6.20 Å². The second kappa shape index (κ2) is 4.94. The van der Waals surface area contributed by atoms with Gasteiger partial charge in [-0.15, -0.1) is 0 Å². The Hall–Kier alpha value is -1.81. The summed E-state index contributed by atoms with van der Waals surface area (Å²) in [5.41, 5.74) is 3.46. The van der Waals surface area contributed by atoms with Crippen molar-refractivity contribution in [1.29, 1.82) is 0 Å². The van der Waals surface area contributed by atoms with Crippen LogP contribution in [-0.2, 0) is 0 Å². The number of hydrogen-bond acceptors (Lipinski definition) is 3. The molecule has 1 aliphatic carbocycles. The van der Waals surface area contributed by atoms with Crippen molar-refractivity contribution in [2.45, 2.75) is 31.3 Å². The van der Waals surface area contributed by atoms with E-state index in [1.165, 1.54) is 43.6 Å². The number of nitrogens with one attached hydrogen (secondary N) is 2. The first kappa shape index (κ1) is 12.0. The predicted molar refractivity (Wildman–Crippen MR) is 80.6 cm³/mol. The summed E-state index contributed by atoms with van der Waals surface area (Å²) in [4.78, 5) is 2.64. The fourth-order valence-electron chi connectivity index (χ4n) is 3.11. The smallest absolute Gasteiger partial charge is 0.0650 e. The lowest BCUT2D eigenvalue weighted by Crippen LogP contribution is -2.27. The van der Waals surface area contributed by atoms with Gasteiger partial charge in [-0.1, -0.05) is 12.1 Å². The Morgan fingerprint density at radius 2 is 2.15 bits per heavy atom. The topological polar surface area (TPSA) is 44.0 Å². The summed E-state index contributed by atoms with van der Waals surface area (Å²) in [6.45, 7) is 2.45. The van der Waals surface area contributed by atoms with Crippen molar-refractivity contribution >= 4 is 5.69 Å². The van der Waals surface area contributed by atoms with Gasteiger partial charge < -0.3 is 5.32 Å². The fraction of sp³-hybridized carbons (Fsp3) is 0.438. The molecule has 4 heteroatoms. The van der Waals surface area contributed by atoms with E-state index in [0.29, 0.717) is 6.04 Å². The van der Waals surface area contributed by atoms with Crippen molar-refractivity contribution in [3.05, 3.63) is 36.5 Å². The minimum atomic E-state index is 0.590. The van der Waals surface area contributed by atoms with Crippen LogP contribution in [0.1, 0.15) is 19.3 Å². The molecule has 2 heterocycles. The number of anilines is 1. The first-order valence-electron chi connectivity index (χ1n) is 7.49. The number of rotatable bonds is 4. The van der Waals surface area contributed by atoms with Gasteiger partial charge in [0.05, 0.1) is 5.69 Å². The van der Waals surface area contributed by atoms with Crippen LogP contribution in [-0.4, -0.2) is 40.3 Å². The van der Waals surface area contributed by atoms with Gasteiger partial charge in [0.15, 0.2) is 0 Å². The summed E-state index contributed by atoms with van der Waals surface area (Å²) in [6.07, 6.45) is 5.86. The molecule has 0 spiro atoms. The summed E-state index contributed by atoms with van der Waals surface area (Å²) < 4.78 is 0. The third-order valence-corrected chi connectivity index (χ3v) is 4.33. The minimum absolute atomic E-state index is 0.590. The highest BCUT2D eigenvalue weighted by molar-refractivity contribution is 5.64. The van der Waals surface area contributed by atoms with E-state index in [-0.39, 0.29) is 0 Å². The molecule has 2 fully saturated rings. The highest BCUT2D eigenvalue weighted by Gasteiger charge is 2.34. The van der Waals surface area contributed by atoms with Crippen molar-refractivity contribution < 1.29 is 0 Å². The van der Waals surface area contributed by atoms with Crippen molar-refractivity contribution in [3.8, 4) is 11.3 Å². The quantitative estimate of drug-likeness (QED) is 0.896. The Labute approximate surface area is 119 Å². The monoisotopic (exact) mass is 268 g/mol. The standard InChI is InChI=1S/C16H20N4/c1-2-12(16-6-8-17-19-16)10-13(3-1)18-14-7-9-20(11-14)15-4-5-15/h1-3,6,8,10,14-15,18H,4-5,7,9,11H2,(H,17,19). The molecule has 1 atom stereocenters. The first-order valence-corrected chi connectivity index (χ1v) is 7.49. The maximum absolute atomic E-state index is 4.02. The highest BCUT2D eigenvalue weighted by atomic mass is 15.2. The molecule has 2 N–H and O–H groups in total. The number of aromatic nitrogens is 2. The molecule has 2 aromatic rings. The largest absolute Gasteiger partial charge is 0.381 e. The van der Waals surface area contributed by atoms with Crippen LogP contribution in [0.5, 0.6) is 0 Å². The molecule has 1 unspecified atom stereocenters. The lowest BCUT2D eigenvalue weighted by Gasteiger charge is -2.17. The van der Waals surface area contributed by atoms with E-state index in [2.05, 4.69) is 44.7 Å². The predicted octanol–water partition coefficient (Wildman–Crippen LogP) is 2.73. The normalized spacial score (nSPS) is 23.1. The average molecular weight is 268 g/mol. The number of nitrogens with zero attached hydrogens (tertiary/aromatic N) is 2. The van der Waals surface area contributed by atoms with E-state index in [4.69, 9.17) is 0 Å². The highest BCUT2D eigenvalue weighted by Crippen LogP contribution is 2.31. The van der Waals surface area contributed by atoms with Crippen LogP contribution < -0.4 is 5.32 Å². The van der Waals surface area contributed by atoms with Crippen LogP contribution in [0.15, 0.2) is 36.5 Å². The summed E-state index contributed by atoms with van der Waals surface area (Å²) in [7, 11) is 0. The van der Waals surface area contributed by atoms with Gasteiger partial charge in [-0.05, 0) is 37.5 Å². The first-order chi connectivity index (χ1) is 9.88. The molecule has 0 radical (unpaired) electrons. The van der Waals surface area contributed by atoms with E-state index >= 15 is 0 Å². The van der Waals surface area contributed by atoms with Gasteiger partial charge in [0, 0.05) is 42.6 Å². The summed E-state index contributed by atoms with van der Waals surface area (Å²) >= 11 is 0. The Bertz CT molecular complexity index is 574. The van der Waals surface area contributed by atoms with E-state index in [9.17, 15) is 0 Å². The molecule has 0 amide bonds. The minimum Gasteiger partial charge on any atom is -0.381 e. The van der Waals surface area contributed by atoms with Crippen LogP contribution in [0.4, 0.5) is 5.69 Å². The third-order valence-electron chi connectivity index (χ3n) is 4.33. The lowest BCUT2D eigenvalue weighted by atomic mass is 10.1. The SMILES string of the molecule is c1cc(NC2CCN(C3CC3)C2)cc(-c2ccn[nH]2)c1. The molecule has 1 aromatic carbocycles. The number of likely N-dealkylation sites (tertiary alicyclic amines) is 1. The van der Waals surface area contributed by atoms with Gasteiger partial charge in [-0.3, -0.25) is 10.00 Å². The van der Waals surface area contributed by atoms with Gasteiger partial charge in [0.2, 0.25) is 0 Å². The molecule has 104 valence electrons. The molecule has 4 rings (SSSR count). The molecule has 1 saturated heterocycles. The second-order valence-electron chi connectivity index (χ2n) is 5.91. The fourth-order valence-corrected chi connectivity index (χ4v) is 3.11. The molecule has 2 aliphatic rings. The zero-order valence-corrected chi connectivity index (χ0v) is 11.5. The van der Waals surface area contributed by atoms with E-state index in [0.717, 1.165) is 11.7 Å². The summed E-state index contributed by atoms with van der Waals surface area (Å²) in [5.74, 6) is 0. The molecular formula is C16H20N4. The van der Waals surface area contributed by atoms with Gasteiger partial charge >= 0.3 is 0 Å². The molecule has 4 nitrogen and oxygen atoms in total. The maximum Gasteiger partial charge on any atom is 0.0650 e. The Kier molecular flexibility index (Phi) is 2.96. The third kappa shape index (κ3) is 2.43. The van der Waals surface area contributed by atoms with Crippen LogP contribution in [0.2, 0.25) is 0 Å². The maximum atomic E-state index is 4.02. The molecule has 20 heavy (non-hydrogen) atoms. The van der Waals surface area contributed by atoms with Gasteiger partial charge in [0.25, 0.3) is 0 Å². The average Bonchev–Trinajstić information content (AvgIpc) is 3.00. The Morgan fingerprint density at radius 1 is 1.20 bits per heavy atom. The van der Waals surface area contributed by atoms with Crippen molar-refractivity contribution in [2.24, 2.45) is 0 Å². The molecule has 1 saturated carbocycles. The Morgan fingerprint density at radius 3 is 2.95 bits per heavy atom. The van der Waals surface area contributed by atoms with Crippen molar-refractivity contribution in [1.82, 2.24) is 15.1 Å². The molecule has 0 bridgehead atoms. The van der Waals surface area contributed by atoms with E-state index < -0.39 is 0 Å². The zero-order valence-electron chi connectivity index (χ0n) is 11.5. The van der Waals surface area contributed by atoms with E-state index in [1.807, 2.05) is 6.07 Å². The number of benzene rings is 1. The zero-order chi connectivity index (χ0) is 13.4. The lowest BCUT2D eigenvalue weighted by molar-refractivity contribution is 0.326. The van der Waals surface area contributed by atoms with Crippen LogP contribution in [0, 0.1) is 0 Å². The van der Waals surface area contributed by atoms with Crippen molar-refractivity contribution in [2.75, 3.05) is 18.4 Å². The molecule has 1 aromatic heterocycles. The summed E-state index contributed by atoms with van der Waals surface area (Å²) in [5, 5.41) is 10.7. The van der Waals surface area contributed by atoms with Crippen LogP contribution in [0.25, 0.3) is 11.3 Å². The van der Waals surface area contributed by atoms with Gasteiger partial charge in [0.1, 0.15) is 0 Å². The molecule has 1 aliphatic heterocycles. The van der Waals surface area contributed by atoms with Crippen LogP contribution >= 0.6 is 0 Å². The number of hydrogen-bond donors (Lipinski definition) is 2. The number of H-pyrrole nitrogens is 1. The number of aromatic amines is 1.